The Bertz CT molecular complexity index is 2860. The van der Waals surface area contributed by atoms with Crippen molar-refractivity contribution in [3.05, 3.63) is 194 Å². The minimum atomic E-state index is 1.15. The van der Waals surface area contributed by atoms with E-state index in [1.54, 1.807) is 0 Å². The number of para-hydroxylation sites is 3. The largest absolute Gasteiger partial charge is 0.309 e. The zero-order valence-electron chi connectivity index (χ0n) is 27.4. The number of hydrogen-bond acceptors (Lipinski definition) is 0. The highest BCUT2D eigenvalue weighted by molar-refractivity contribution is 6.17. The summed E-state index contributed by atoms with van der Waals surface area (Å²) < 4.78 is 4.81. The molecule has 0 radical (unpaired) electrons. The summed E-state index contributed by atoms with van der Waals surface area (Å²) in [4.78, 5) is 0. The first-order chi connectivity index (χ1) is 24.8. The Morgan fingerprint density at radius 2 is 0.780 bits per heavy atom. The molecule has 2 heteroatoms. The molecule has 0 unspecified atom stereocenters. The first kappa shape index (κ1) is 28.4. The Morgan fingerprint density at radius 3 is 1.58 bits per heavy atom. The van der Waals surface area contributed by atoms with Gasteiger partial charge in [-0.25, -0.2) is 0 Å². The molecule has 10 aromatic rings. The van der Waals surface area contributed by atoms with E-state index >= 15 is 0 Å². The molecule has 0 amide bonds. The summed E-state index contributed by atoms with van der Waals surface area (Å²) in [6.45, 7) is 0. The van der Waals surface area contributed by atoms with Crippen molar-refractivity contribution in [2.24, 2.45) is 0 Å². The van der Waals surface area contributed by atoms with Crippen LogP contribution in [0.15, 0.2) is 194 Å². The van der Waals surface area contributed by atoms with Gasteiger partial charge in [-0.2, -0.15) is 0 Å². The maximum atomic E-state index is 2.43. The summed E-state index contributed by atoms with van der Waals surface area (Å²) in [5.74, 6) is 0. The van der Waals surface area contributed by atoms with E-state index in [1.165, 1.54) is 82.7 Å². The molecule has 50 heavy (non-hydrogen) atoms. The summed E-state index contributed by atoms with van der Waals surface area (Å²) in [6, 6.07) is 70.4. The molecule has 234 valence electrons. The van der Waals surface area contributed by atoms with Crippen LogP contribution in [0.1, 0.15) is 0 Å². The highest BCUT2D eigenvalue weighted by Crippen LogP contribution is 2.41. The van der Waals surface area contributed by atoms with Gasteiger partial charge in [-0.05, 0) is 94.0 Å². The van der Waals surface area contributed by atoms with Crippen molar-refractivity contribution in [1.82, 2.24) is 9.13 Å². The number of nitrogens with zero attached hydrogens (tertiary/aromatic N) is 2. The standard InChI is InChI=1S/C48H32N2/c1-3-14-33(15-4-1)34-16-11-17-35(30-34)36-18-12-21-39(31-36)50-45-26-10-8-23-42(45)48-40(24-13-27-47(48)50)37-28-29-46-43(32-37)41-22-7-9-25-44(41)49(46)38-19-5-2-6-20-38/h1-32H. The topological polar surface area (TPSA) is 9.86 Å². The number of benzene rings is 8. The van der Waals surface area contributed by atoms with Crippen molar-refractivity contribution in [3.8, 4) is 44.8 Å². The second kappa shape index (κ2) is 11.5. The van der Waals surface area contributed by atoms with Gasteiger partial charge in [-0.3, -0.25) is 0 Å². The molecule has 2 heterocycles. The van der Waals surface area contributed by atoms with Crippen molar-refractivity contribution in [3.63, 3.8) is 0 Å². The van der Waals surface area contributed by atoms with Gasteiger partial charge in [-0.1, -0.05) is 133 Å². The third-order valence-corrected chi connectivity index (χ3v) is 10.1. The SMILES string of the molecule is c1ccc(-c2cccc(-c3cccc(-n4c5ccccc5c5c(-c6ccc7c(c6)c6ccccc6n7-c6ccccc6)cccc54)c3)c2)cc1. The van der Waals surface area contributed by atoms with Gasteiger partial charge < -0.3 is 9.13 Å². The van der Waals surface area contributed by atoms with Crippen LogP contribution in [0.4, 0.5) is 0 Å². The molecule has 2 nitrogen and oxygen atoms in total. The van der Waals surface area contributed by atoms with Crippen molar-refractivity contribution < 1.29 is 0 Å². The molecule has 0 N–H and O–H groups in total. The highest BCUT2D eigenvalue weighted by Gasteiger charge is 2.18. The van der Waals surface area contributed by atoms with E-state index in [9.17, 15) is 0 Å². The third kappa shape index (κ3) is 4.50. The van der Waals surface area contributed by atoms with Gasteiger partial charge in [0.1, 0.15) is 0 Å². The van der Waals surface area contributed by atoms with Crippen LogP contribution in [0.2, 0.25) is 0 Å². The number of rotatable bonds is 5. The van der Waals surface area contributed by atoms with Crippen LogP contribution >= 0.6 is 0 Å². The molecule has 0 saturated heterocycles. The van der Waals surface area contributed by atoms with Crippen LogP contribution in [0.3, 0.4) is 0 Å². The van der Waals surface area contributed by atoms with Gasteiger partial charge in [0.25, 0.3) is 0 Å². The summed E-state index contributed by atoms with van der Waals surface area (Å²) in [5.41, 5.74) is 14.5. The quantitative estimate of drug-likeness (QED) is 0.178. The van der Waals surface area contributed by atoms with E-state index in [-0.39, 0.29) is 0 Å². The molecule has 8 aromatic carbocycles. The van der Waals surface area contributed by atoms with Crippen LogP contribution in [0.25, 0.3) is 88.4 Å². The fourth-order valence-electron chi connectivity index (χ4n) is 7.87. The zero-order valence-corrected chi connectivity index (χ0v) is 27.4. The van der Waals surface area contributed by atoms with Crippen LogP contribution in [-0.4, -0.2) is 9.13 Å². The average Bonchev–Trinajstić information content (AvgIpc) is 3.71. The first-order valence-electron chi connectivity index (χ1n) is 17.2. The van der Waals surface area contributed by atoms with Crippen LogP contribution in [-0.2, 0) is 0 Å². The van der Waals surface area contributed by atoms with E-state index in [4.69, 9.17) is 0 Å². The second-order valence-electron chi connectivity index (χ2n) is 13.0. The summed E-state index contributed by atoms with van der Waals surface area (Å²) in [5, 5.41) is 5.04. The lowest BCUT2D eigenvalue weighted by Gasteiger charge is -2.12. The fourth-order valence-corrected chi connectivity index (χ4v) is 7.87. The first-order valence-corrected chi connectivity index (χ1v) is 17.2. The smallest absolute Gasteiger partial charge is 0.0547 e. The number of hydrogen-bond donors (Lipinski definition) is 0. The summed E-state index contributed by atoms with van der Waals surface area (Å²) in [6.07, 6.45) is 0. The Morgan fingerprint density at radius 1 is 0.260 bits per heavy atom. The number of aromatic nitrogens is 2. The summed E-state index contributed by atoms with van der Waals surface area (Å²) in [7, 11) is 0. The lowest BCUT2D eigenvalue weighted by atomic mass is 9.98. The molecule has 0 aliphatic carbocycles. The van der Waals surface area contributed by atoms with Gasteiger partial charge >= 0.3 is 0 Å². The third-order valence-electron chi connectivity index (χ3n) is 10.1. The molecule has 0 bridgehead atoms. The van der Waals surface area contributed by atoms with Gasteiger partial charge in [0, 0.05) is 32.9 Å². The molecule has 0 fully saturated rings. The van der Waals surface area contributed by atoms with Crippen molar-refractivity contribution in [2.45, 2.75) is 0 Å². The Labute approximate surface area is 290 Å². The van der Waals surface area contributed by atoms with E-state index in [1.807, 2.05) is 0 Å². The van der Waals surface area contributed by atoms with Gasteiger partial charge in [0.05, 0.1) is 22.1 Å². The minimum absolute atomic E-state index is 1.15. The summed E-state index contributed by atoms with van der Waals surface area (Å²) >= 11 is 0. The molecule has 0 aliphatic heterocycles. The maximum Gasteiger partial charge on any atom is 0.0547 e. The van der Waals surface area contributed by atoms with Crippen LogP contribution < -0.4 is 0 Å². The van der Waals surface area contributed by atoms with Crippen molar-refractivity contribution in [2.75, 3.05) is 0 Å². The minimum Gasteiger partial charge on any atom is -0.309 e. The normalized spacial score (nSPS) is 11.6. The molecular formula is C48H32N2. The molecule has 0 saturated carbocycles. The average molecular weight is 637 g/mol. The van der Waals surface area contributed by atoms with E-state index in [0.29, 0.717) is 0 Å². The monoisotopic (exact) mass is 636 g/mol. The lowest BCUT2D eigenvalue weighted by molar-refractivity contribution is 1.18. The van der Waals surface area contributed by atoms with Crippen molar-refractivity contribution >= 4 is 43.6 Å². The molecule has 10 rings (SSSR count). The van der Waals surface area contributed by atoms with E-state index < -0.39 is 0 Å². The fraction of sp³-hybridized carbons (Fsp3) is 0. The zero-order chi connectivity index (χ0) is 33.0. The highest BCUT2D eigenvalue weighted by atomic mass is 15.0. The van der Waals surface area contributed by atoms with Crippen LogP contribution in [0.5, 0.6) is 0 Å². The van der Waals surface area contributed by atoms with E-state index in [2.05, 4.69) is 203 Å². The Balaban J connectivity index is 1.16. The van der Waals surface area contributed by atoms with Crippen LogP contribution in [0, 0.1) is 0 Å². The molecule has 2 aromatic heterocycles. The molecule has 0 atom stereocenters. The van der Waals surface area contributed by atoms with E-state index in [0.717, 1.165) is 5.69 Å². The van der Waals surface area contributed by atoms with Gasteiger partial charge in [-0.15, -0.1) is 0 Å². The molecular weight excluding hydrogens is 605 g/mol. The Hall–Kier alpha value is -6.64. The van der Waals surface area contributed by atoms with Gasteiger partial charge in [0.15, 0.2) is 0 Å². The molecule has 0 spiro atoms. The predicted octanol–water partition coefficient (Wildman–Crippen LogP) is 12.9. The maximum absolute atomic E-state index is 2.43. The number of fused-ring (bicyclic) bond motifs is 6. The predicted molar refractivity (Wildman–Crippen MR) is 211 cm³/mol. The second-order valence-corrected chi connectivity index (χ2v) is 13.0. The van der Waals surface area contributed by atoms with Crippen molar-refractivity contribution in [1.29, 1.82) is 0 Å². The van der Waals surface area contributed by atoms with Gasteiger partial charge in [0.2, 0.25) is 0 Å². The Kier molecular flexibility index (Phi) is 6.53. The lowest BCUT2D eigenvalue weighted by Crippen LogP contribution is -1.94. The molecule has 0 aliphatic rings.